The highest BCUT2D eigenvalue weighted by atomic mass is 16.7. The van der Waals surface area contributed by atoms with E-state index in [1.54, 1.807) is 13.8 Å². The van der Waals surface area contributed by atoms with Gasteiger partial charge in [0, 0.05) is 6.61 Å². The third kappa shape index (κ3) is 8.14. The van der Waals surface area contributed by atoms with Crippen molar-refractivity contribution in [1.29, 1.82) is 0 Å². The normalized spacial score (nSPS) is 18.2. The van der Waals surface area contributed by atoms with Crippen LogP contribution in [-0.4, -0.2) is 32.0 Å². The van der Waals surface area contributed by atoms with Gasteiger partial charge in [-0.15, -0.1) is 0 Å². The second-order valence-electron chi connectivity index (χ2n) is 2.76. The third-order valence-corrected chi connectivity index (χ3v) is 1.21. The molecule has 0 aromatic carbocycles. The maximum Gasteiger partial charge on any atom is 0.182 e. The fourth-order valence-electron chi connectivity index (χ4n) is 0.782. The smallest absolute Gasteiger partial charge is 0.182 e. The van der Waals surface area contributed by atoms with E-state index in [-0.39, 0.29) is 12.5 Å². The molecule has 13 heavy (non-hydrogen) atoms. The Labute approximate surface area is 79.3 Å². The van der Waals surface area contributed by atoms with Crippen molar-refractivity contribution < 1.29 is 14.2 Å². The van der Waals surface area contributed by atoms with Gasteiger partial charge in [0.05, 0.1) is 6.61 Å². The van der Waals surface area contributed by atoms with Crippen molar-refractivity contribution in [2.45, 2.75) is 39.5 Å². The van der Waals surface area contributed by atoms with E-state index < -0.39 is 6.29 Å². The highest BCUT2D eigenvalue weighted by Gasteiger charge is 2.11. The number of ether oxygens (including phenoxy) is 3. The first-order chi connectivity index (χ1) is 6.06. The van der Waals surface area contributed by atoms with Crippen molar-refractivity contribution in [3.8, 4) is 0 Å². The molecule has 3 unspecified atom stereocenters. The molecule has 0 bridgehead atoms. The Balaban J connectivity index is 3.66. The van der Waals surface area contributed by atoms with Crippen molar-refractivity contribution >= 4 is 0 Å². The first-order valence-electron chi connectivity index (χ1n) is 4.46. The summed E-state index contributed by atoms with van der Waals surface area (Å²) in [6.45, 7) is 6.21. The summed E-state index contributed by atoms with van der Waals surface area (Å²) in [7, 11) is 0. The first kappa shape index (κ1) is 12.8. The molecular weight excluding hydrogens is 172 g/mol. The maximum absolute atomic E-state index is 5.44. The summed E-state index contributed by atoms with van der Waals surface area (Å²) < 4.78 is 15.6. The Bertz CT molecular complexity index is 120. The van der Waals surface area contributed by atoms with E-state index in [4.69, 9.17) is 25.7 Å². The van der Waals surface area contributed by atoms with E-state index in [0.29, 0.717) is 13.2 Å². The molecule has 5 heteroatoms. The molecule has 0 aliphatic carbocycles. The van der Waals surface area contributed by atoms with E-state index in [0.717, 1.165) is 0 Å². The number of nitrogens with two attached hydrogens (primary N) is 2. The Morgan fingerprint density at radius 3 is 2.08 bits per heavy atom. The summed E-state index contributed by atoms with van der Waals surface area (Å²) >= 11 is 0. The lowest BCUT2D eigenvalue weighted by molar-refractivity contribution is -0.195. The Kier molecular flexibility index (Phi) is 7.12. The van der Waals surface area contributed by atoms with Crippen molar-refractivity contribution in [2.75, 3.05) is 13.2 Å². The minimum absolute atomic E-state index is 0.299. The van der Waals surface area contributed by atoms with E-state index in [1.807, 2.05) is 6.92 Å². The van der Waals surface area contributed by atoms with Crippen LogP contribution in [0.25, 0.3) is 0 Å². The van der Waals surface area contributed by atoms with Gasteiger partial charge in [-0.2, -0.15) is 0 Å². The van der Waals surface area contributed by atoms with E-state index in [2.05, 4.69) is 0 Å². The van der Waals surface area contributed by atoms with Gasteiger partial charge >= 0.3 is 0 Å². The van der Waals surface area contributed by atoms with Crippen LogP contribution in [0.4, 0.5) is 0 Å². The van der Waals surface area contributed by atoms with E-state index in [9.17, 15) is 0 Å². The van der Waals surface area contributed by atoms with Crippen LogP contribution >= 0.6 is 0 Å². The summed E-state index contributed by atoms with van der Waals surface area (Å²) in [5, 5.41) is 0. The maximum atomic E-state index is 5.44. The highest BCUT2D eigenvalue weighted by molar-refractivity contribution is 4.46. The van der Waals surface area contributed by atoms with Crippen LogP contribution in [0.2, 0.25) is 0 Å². The summed E-state index contributed by atoms with van der Waals surface area (Å²) in [6.07, 6.45) is -1.12. The van der Waals surface area contributed by atoms with Gasteiger partial charge in [0.1, 0.15) is 12.5 Å². The quantitative estimate of drug-likeness (QED) is 0.555. The highest BCUT2D eigenvalue weighted by Crippen LogP contribution is 1.99. The van der Waals surface area contributed by atoms with Crippen molar-refractivity contribution in [2.24, 2.45) is 11.5 Å². The summed E-state index contributed by atoms with van der Waals surface area (Å²) in [4.78, 5) is 0. The molecule has 80 valence electrons. The Morgan fingerprint density at radius 2 is 1.69 bits per heavy atom. The molecule has 0 amide bonds. The molecule has 0 aliphatic heterocycles. The lowest BCUT2D eigenvalue weighted by Crippen LogP contribution is -2.34. The predicted octanol–water partition coefficient (Wildman–Crippen LogP) is -0.00840. The topological polar surface area (TPSA) is 79.7 Å². The zero-order valence-electron chi connectivity index (χ0n) is 8.53. The summed E-state index contributed by atoms with van der Waals surface area (Å²) in [6, 6.07) is 0. The molecular formula is C8H20N2O3. The van der Waals surface area contributed by atoms with Crippen molar-refractivity contribution in [1.82, 2.24) is 0 Å². The van der Waals surface area contributed by atoms with Gasteiger partial charge in [0.25, 0.3) is 0 Å². The number of hydrogen-bond acceptors (Lipinski definition) is 5. The molecule has 0 radical (unpaired) electrons. The lowest BCUT2D eigenvalue weighted by Gasteiger charge is -2.20. The largest absolute Gasteiger partial charge is 0.359 e. The molecule has 0 spiro atoms. The molecule has 4 N–H and O–H groups in total. The van der Waals surface area contributed by atoms with Gasteiger partial charge in [-0.25, -0.2) is 0 Å². The molecule has 0 aromatic heterocycles. The summed E-state index contributed by atoms with van der Waals surface area (Å²) in [5.74, 6) is 0. The molecule has 0 saturated carbocycles. The van der Waals surface area contributed by atoms with Crippen LogP contribution < -0.4 is 11.5 Å². The van der Waals surface area contributed by atoms with Gasteiger partial charge < -0.3 is 25.7 Å². The molecule has 0 rings (SSSR count). The molecule has 0 saturated heterocycles. The van der Waals surface area contributed by atoms with Crippen LogP contribution in [0.5, 0.6) is 0 Å². The second kappa shape index (κ2) is 7.23. The van der Waals surface area contributed by atoms with Crippen molar-refractivity contribution in [3.05, 3.63) is 0 Å². The predicted molar refractivity (Wildman–Crippen MR) is 49.7 cm³/mol. The van der Waals surface area contributed by atoms with Gasteiger partial charge in [0.15, 0.2) is 6.29 Å². The minimum Gasteiger partial charge on any atom is -0.359 e. The van der Waals surface area contributed by atoms with Crippen molar-refractivity contribution in [3.63, 3.8) is 0 Å². The van der Waals surface area contributed by atoms with Crippen LogP contribution in [0.1, 0.15) is 20.8 Å². The number of hydrogen-bond donors (Lipinski definition) is 2. The molecule has 0 fully saturated rings. The lowest BCUT2D eigenvalue weighted by atomic mass is 10.6. The van der Waals surface area contributed by atoms with Gasteiger partial charge in [-0.3, -0.25) is 0 Å². The Hall–Kier alpha value is -0.200. The zero-order chi connectivity index (χ0) is 10.3. The van der Waals surface area contributed by atoms with Gasteiger partial charge in [0.2, 0.25) is 0 Å². The molecule has 3 atom stereocenters. The molecule has 5 nitrogen and oxygen atoms in total. The van der Waals surface area contributed by atoms with Crippen LogP contribution in [0, 0.1) is 0 Å². The molecule has 0 aromatic rings. The zero-order valence-corrected chi connectivity index (χ0v) is 8.53. The Morgan fingerprint density at radius 1 is 1.08 bits per heavy atom. The fourth-order valence-corrected chi connectivity index (χ4v) is 0.782. The van der Waals surface area contributed by atoms with E-state index in [1.165, 1.54) is 0 Å². The first-order valence-corrected chi connectivity index (χ1v) is 4.46. The average molecular weight is 192 g/mol. The van der Waals surface area contributed by atoms with E-state index >= 15 is 0 Å². The third-order valence-electron chi connectivity index (χ3n) is 1.21. The average Bonchev–Trinajstić information content (AvgIpc) is 1.99. The standard InChI is InChI=1S/C8H20N2O3/c1-4-11-8(13-7(3)10)5-12-6(2)9/h6-8H,4-5,9-10H2,1-3H3. The second-order valence-corrected chi connectivity index (χ2v) is 2.76. The molecule has 0 aliphatic rings. The van der Waals surface area contributed by atoms with Crippen LogP contribution in [0.15, 0.2) is 0 Å². The van der Waals surface area contributed by atoms with Crippen LogP contribution in [-0.2, 0) is 14.2 Å². The SMILES string of the molecule is CCOC(COC(C)N)OC(C)N. The fraction of sp³-hybridized carbons (Fsp3) is 1.00. The van der Waals surface area contributed by atoms with Gasteiger partial charge in [-0.1, -0.05) is 0 Å². The number of rotatable bonds is 7. The van der Waals surface area contributed by atoms with Gasteiger partial charge in [-0.05, 0) is 20.8 Å². The monoisotopic (exact) mass is 192 g/mol. The van der Waals surface area contributed by atoms with Crippen LogP contribution in [0.3, 0.4) is 0 Å². The minimum atomic E-state index is -0.434. The summed E-state index contributed by atoms with van der Waals surface area (Å²) in [5.41, 5.74) is 10.8. The molecule has 0 heterocycles.